The average Bonchev–Trinajstić information content (AvgIpc) is 2.47. The van der Waals surface area contributed by atoms with Gasteiger partial charge in [0.1, 0.15) is 0 Å². The minimum Gasteiger partial charge on any atom is -0.222 e. The number of rotatable bonds is 4. The molecule has 4 nitrogen and oxygen atoms in total. The highest BCUT2D eigenvalue weighted by Crippen LogP contribution is 2.25. The lowest BCUT2D eigenvalue weighted by atomic mass is 10.2. The lowest BCUT2D eigenvalue weighted by Gasteiger charge is -2.14. The second kappa shape index (κ2) is 5.85. The zero-order valence-corrected chi connectivity index (χ0v) is 14.3. The third-order valence-corrected chi connectivity index (χ3v) is 8.70. The van der Waals surface area contributed by atoms with Gasteiger partial charge < -0.3 is 0 Å². The highest BCUT2D eigenvalue weighted by Gasteiger charge is 2.35. The van der Waals surface area contributed by atoms with Gasteiger partial charge >= 0.3 is 0 Å². The first kappa shape index (κ1) is 16.7. The Morgan fingerprint density at radius 3 is 1.18 bits per heavy atom. The summed E-state index contributed by atoms with van der Waals surface area (Å²) in [5.74, 6) is 0. The van der Waals surface area contributed by atoms with Crippen LogP contribution in [0.4, 0.5) is 0 Å². The van der Waals surface area contributed by atoms with Crippen molar-refractivity contribution in [1.29, 1.82) is 0 Å². The molecule has 0 fully saturated rings. The molecule has 0 aliphatic heterocycles. The van der Waals surface area contributed by atoms with Crippen molar-refractivity contribution in [1.82, 2.24) is 0 Å². The van der Waals surface area contributed by atoms with Gasteiger partial charge in [-0.15, -0.1) is 0 Å². The smallest absolute Gasteiger partial charge is 0.195 e. The van der Waals surface area contributed by atoms with E-state index in [0.29, 0.717) is 0 Å². The van der Waals surface area contributed by atoms with Crippen molar-refractivity contribution >= 4 is 19.7 Å². The second-order valence-electron chi connectivity index (χ2n) is 5.28. The number of sulfone groups is 2. The van der Waals surface area contributed by atoms with E-state index in [4.69, 9.17) is 0 Å². The molecule has 0 N–H and O–H groups in total. The molecule has 0 radical (unpaired) electrons. The van der Waals surface area contributed by atoms with Gasteiger partial charge in [0, 0.05) is 0 Å². The van der Waals surface area contributed by atoms with Crippen LogP contribution in [0.1, 0.15) is 18.1 Å². The molecule has 0 aliphatic carbocycles. The SMILES string of the molecule is Cc1ccc(S(=O)(=O)C(C)S(=O)(=O)c2ccc(C)cc2)cc1. The third-order valence-electron chi connectivity index (χ3n) is 3.57. The Morgan fingerprint density at radius 2 is 0.909 bits per heavy atom. The van der Waals surface area contributed by atoms with Crippen LogP contribution in [-0.4, -0.2) is 21.4 Å². The van der Waals surface area contributed by atoms with Gasteiger partial charge in [0.2, 0.25) is 0 Å². The number of hydrogen-bond acceptors (Lipinski definition) is 4. The zero-order chi connectivity index (χ0) is 16.5. The van der Waals surface area contributed by atoms with Gasteiger partial charge in [0.25, 0.3) is 0 Å². The van der Waals surface area contributed by atoms with E-state index >= 15 is 0 Å². The van der Waals surface area contributed by atoms with Crippen LogP contribution in [0.3, 0.4) is 0 Å². The number of hydrogen-bond donors (Lipinski definition) is 0. The molecule has 0 aliphatic rings. The fraction of sp³-hybridized carbons (Fsp3) is 0.250. The average molecular weight is 338 g/mol. The summed E-state index contributed by atoms with van der Waals surface area (Å²) in [7, 11) is -7.92. The van der Waals surface area contributed by atoms with E-state index in [2.05, 4.69) is 0 Å². The van der Waals surface area contributed by atoms with E-state index in [0.717, 1.165) is 11.1 Å². The molecule has 0 unspecified atom stereocenters. The molecule has 0 bridgehead atoms. The Kier molecular flexibility index (Phi) is 4.44. The molecular formula is C16H18O4S2. The summed E-state index contributed by atoms with van der Waals surface area (Å²) in [6.45, 7) is 4.89. The Balaban J connectivity index is 2.47. The summed E-state index contributed by atoms with van der Waals surface area (Å²) in [6, 6.07) is 12.3. The van der Waals surface area contributed by atoms with Crippen LogP contribution in [0.2, 0.25) is 0 Å². The van der Waals surface area contributed by atoms with Crippen LogP contribution in [0.25, 0.3) is 0 Å². The number of benzene rings is 2. The normalized spacial score (nSPS) is 12.5. The molecule has 22 heavy (non-hydrogen) atoms. The van der Waals surface area contributed by atoms with Crippen molar-refractivity contribution in [2.75, 3.05) is 0 Å². The van der Waals surface area contributed by atoms with Gasteiger partial charge in [-0.1, -0.05) is 35.4 Å². The van der Waals surface area contributed by atoms with Crippen LogP contribution >= 0.6 is 0 Å². The van der Waals surface area contributed by atoms with Gasteiger partial charge in [0.15, 0.2) is 24.3 Å². The molecule has 0 spiro atoms. The predicted molar refractivity (Wildman–Crippen MR) is 86.2 cm³/mol. The van der Waals surface area contributed by atoms with Crippen molar-refractivity contribution in [3.05, 3.63) is 59.7 Å². The van der Waals surface area contributed by atoms with Gasteiger partial charge in [-0.2, -0.15) is 0 Å². The van der Waals surface area contributed by atoms with E-state index in [1.165, 1.54) is 31.2 Å². The molecule has 0 aromatic heterocycles. The maximum atomic E-state index is 12.6. The van der Waals surface area contributed by atoms with Crippen molar-refractivity contribution in [3.63, 3.8) is 0 Å². The van der Waals surface area contributed by atoms with Crippen LogP contribution < -0.4 is 0 Å². The molecule has 0 saturated carbocycles. The van der Waals surface area contributed by atoms with Crippen LogP contribution in [0, 0.1) is 13.8 Å². The number of aryl methyl sites for hydroxylation is 2. The van der Waals surface area contributed by atoms with E-state index in [-0.39, 0.29) is 9.79 Å². The zero-order valence-electron chi connectivity index (χ0n) is 12.6. The summed E-state index contributed by atoms with van der Waals surface area (Å²) in [5, 5.41) is 0. The molecule has 0 heterocycles. The van der Waals surface area contributed by atoms with E-state index < -0.39 is 24.3 Å². The first-order chi connectivity index (χ1) is 10.2. The van der Waals surface area contributed by atoms with E-state index in [9.17, 15) is 16.8 Å². The monoisotopic (exact) mass is 338 g/mol. The van der Waals surface area contributed by atoms with Gasteiger partial charge in [-0.05, 0) is 45.0 Å². The van der Waals surface area contributed by atoms with Crippen LogP contribution in [0.5, 0.6) is 0 Å². The summed E-state index contributed by atoms with van der Waals surface area (Å²) >= 11 is 0. The minimum atomic E-state index is -3.96. The third kappa shape index (κ3) is 3.08. The molecule has 0 atom stereocenters. The summed E-state index contributed by atoms with van der Waals surface area (Å²) in [4.78, 5) is 0.0302. The molecule has 0 amide bonds. The highest BCUT2D eigenvalue weighted by molar-refractivity contribution is 8.09. The minimum absolute atomic E-state index is 0.0151. The maximum Gasteiger partial charge on any atom is 0.195 e. The Morgan fingerprint density at radius 1 is 0.636 bits per heavy atom. The van der Waals surface area contributed by atoms with Gasteiger partial charge in [0.05, 0.1) is 9.79 Å². The Labute approximate surface area is 131 Å². The molecular weight excluding hydrogens is 320 g/mol. The first-order valence-electron chi connectivity index (χ1n) is 6.77. The molecule has 2 rings (SSSR count). The Hall–Kier alpha value is -1.66. The fourth-order valence-corrected chi connectivity index (χ4v) is 5.80. The standard InChI is InChI=1S/C16H18O4S2/c1-12-4-8-15(9-5-12)21(17,18)14(3)22(19,20)16-10-6-13(2)7-11-16/h4-11,14H,1-3H3. The highest BCUT2D eigenvalue weighted by atomic mass is 32.3. The van der Waals surface area contributed by atoms with Crippen molar-refractivity contribution in [3.8, 4) is 0 Å². The summed E-state index contributed by atoms with van der Waals surface area (Å²) < 4.78 is 48.7. The first-order valence-corrected chi connectivity index (χ1v) is 9.86. The summed E-state index contributed by atoms with van der Waals surface area (Å²) in [5.41, 5.74) is 1.82. The molecule has 0 saturated heterocycles. The molecule has 118 valence electrons. The maximum absolute atomic E-state index is 12.6. The topological polar surface area (TPSA) is 68.3 Å². The summed E-state index contributed by atoms with van der Waals surface area (Å²) in [6.07, 6.45) is 0. The molecule has 2 aromatic carbocycles. The lowest BCUT2D eigenvalue weighted by molar-refractivity contribution is 0.577. The Bertz CT molecular complexity index is 787. The van der Waals surface area contributed by atoms with Gasteiger partial charge in [-0.3, -0.25) is 0 Å². The van der Waals surface area contributed by atoms with E-state index in [1.807, 2.05) is 13.8 Å². The van der Waals surface area contributed by atoms with E-state index in [1.54, 1.807) is 24.3 Å². The molecule has 6 heteroatoms. The largest absolute Gasteiger partial charge is 0.222 e. The van der Waals surface area contributed by atoms with Gasteiger partial charge in [-0.25, -0.2) is 16.8 Å². The predicted octanol–water partition coefficient (Wildman–Crippen LogP) is 2.90. The quantitative estimate of drug-likeness (QED) is 0.859. The molecule has 2 aromatic rings. The fourth-order valence-electron chi connectivity index (χ4n) is 2.01. The van der Waals surface area contributed by atoms with Crippen LogP contribution in [0.15, 0.2) is 58.3 Å². The van der Waals surface area contributed by atoms with Crippen molar-refractivity contribution < 1.29 is 16.8 Å². The van der Waals surface area contributed by atoms with Crippen molar-refractivity contribution in [2.45, 2.75) is 35.1 Å². The lowest BCUT2D eigenvalue weighted by Crippen LogP contribution is -2.27. The van der Waals surface area contributed by atoms with Crippen LogP contribution in [-0.2, 0) is 19.7 Å². The van der Waals surface area contributed by atoms with Crippen molar-refractivity contribution in [2.24, 2.45) is 0 Å². The second-order valence-corrected chi connectivity index (χ2v) is 10.1.